The Bertz CT molecular complexity index is 325. The van der Waals surface area contributed by atoms with Gasteiger partial charge < -0.3 is 5.11 Å². The maximum atomic E-state index is 12.2. The topological polar surface area (TPSA) is 20.2 Å². The van der Waals surface area contributed by atoms with E-state index in [0.29, 0.717) is 12.0 Å². The van der Waals surface area contributed by atoms with E-state index in [0.717, 1.165) is 12.1 Å². The first-order valence-corrected chi connectivity index (χ1v) is 4.67. The zero-order valence-corrected chi connectivity index (χ0v) is 8.60. The molecule has 1 aromatic rings. The van der Waals surface area contributed by atoms with Crippen LogP contribution in [0, 0.1) is 0 Å². The molecular formula is C11H13F3O. The third-order valence-electron chi connectivity index (χ3n) is 2.52. The van der Waals surface area contributed by atoms with Crippen molar-refractivity contribution in [1.29, 1.82) is 0 Å². The lowest BCUT2D eigenvalue weighted by molar-refractivity contribution is -0.137. The molecule has 0 radical (unpaired) electrons. The molecule has 1 nitrogen and oxygen atoms in total. The Balaban J connectivity index is 3.01. The third kappa shape index (κ3) is 2.72. The lowest BCUT2D eigenvalue weighted by Gasteiger charge is -2.22. The summed E-state index contributed by atoms with van der Waals surface area (Å²) in [5.41, 5.74) is -1.26. The molecule has 0 unspecified atom stereocenters. The van der Waals surface area contributed by atoms with Crippen LogP contribution in [0.15, 0.2) is 24.3 Å². The summed E-state index contributed by atoms with van der Waals surface area (Å²) in [4.78, 5) is 0. The van der Waals surface area contributed by atoms with E-state index in [1.807, 2.05) is 0 Å². The Hall–Kier alpha value is -1.03. The van der Waals surface area contributed by atoms with E-state index in [2.05, 4.69) is 0 Å². The van der Waals surface area contributed by atoms with Gasteiger partial charge in [0.05, 0.1) is 11.2 Å². The SMILES string of the molecule is CC[C@@](C)(O)c1ccc(C(F)(F)F)cc1. The van der Waals surface area contributed by atoms with Crippen molar-refractivity contribution in [2.24, 2.45) is 0 Å². The fourth-order valence-electron chi connectivity index (χ4n) is 1.22. The van der Waals surface area contributed by atoms with Crippen molar-refractivity contribution in [1.82, 2.24) is 0 Å². The number of rotatable bonds is 2. The van der Waals surface area contributed by atoms with Gasteiger partial charge in [0.2, 0.25) is 0 Å². The summed E-state index contributed by atoms with van der Waals surface area (Å²) in [6, 6.07) is 4.59. The van der Waals surface area contributed by atoms with Gasteiger partial charge in [-0.2, -0.15) is 13.2 Å². The van der Waals surface area contributed by atoms with Crippen LogP contribution in [-0.2, 0) is 11.8 Å². The average Bonchev–Trinajstić information content (AvgIpc) is 2.17. The largest absolute Gasteiger partial charge is 0.416 e. The van der Waals surface area contributed by atoms with E-state index >= 15 is 0 Å². The molecular weight excluding hydrogens is 205 g/mol. The van der Waals surface area contributed by atoms with Crippen LogP contribution in [-0.4, -0.2) is 5.11 Å². The van der Waals surface area contributed by atoms with Crippen LogP contribution < -0.4 is 0 Å². The zero-order valence-electron chi connectivity index (χ0n) is 8.60. The molecule has 15 heavy (non-hydrogen) atoms. The van der Waals surface area contributed by atoms with Gasteiger partial charge in [-0.3, -0.25) is 0 Å². The summed E-state index contributed by atoms with van der Waals surface area (Å²) in [7, 11) is 0. The van der Waals surface area contributed by atoms with Crippen molar-refractivity contribution >= 4 is 0 Å². The van der Waals surface area contributed by atoms with E-state index in [-0.39, 0.29) is 0 Å². The molecule has 0 bridgehead atoms. The fourth-order valence-corrected chi connectivity index (χ4v) is 1.22. The van der Waals surface area contributed by atoms with Gasteiger partial charge in [-0.1, -0.05) is 19.1 Å². The second-order valence-electron chi connectivity index (χ2n) is 3.70. The summed E-state index contributed by atoms with van der Waals surface area (Å²) in [6.07, 6.45) is -3.87. The van der Waals surface area contributed by atoms with Crippen molar-refractivity contribution in [2.45, 2.75) is 32.0 Å². The summed E-state index contributed by atoms with van der Waals surface area (Å²) < 4.78 is 36.7. The Labute approximate surface area is 86.5 Å². The van der Waals surface area contributed by atoms with Crippen LogP contribution in [0.3, 0.4) is 0 Å². The Kier molecular flexibility index (Phi) is 3.09. The minimum Gasteiger partial charge on any atom is -0.385 e. The minimum absolute atomic E-state index is 0.457. The molecule has 0 saturated heterocycles. The van der Waals surface area contributed by atoms with Crippen LogP contribution in [0.5, 0.6) is 0 Å². The highest BCUT2D eigenvalue weighted by molar-refractivity contribution is 5.28. The summed E-state index contributed by atoms with van der Waals surface area (Å²) in [5.74, 6) is 0. The highest BCUT2D eigenvalue weighted by Crippen LogP contribution is 2.31. The third-order valence-corrected chi connectivity index (χ3v) is 2.52. The van der Waals surface area contributed by atoms with Gasteiger partial charge in [-0.05, 0) is 31.0 Å². The standard InChI is InChI=1S/C11H13F3O/c1-3-10(2,15)8-4-6-9(7-5-8)11(12,13)14/h4-7,15H,3H2,1-2H3/t10-/m1/s1. The first kappa shape index (κ1) is 12.0. The zero-order chi connectivity index (χ0) is 11.7. The molecule has 0 aliphatic rings. The lowest BCUT2D eigenvalue weighted by atomic mass is 9.93. The Morgan fingerprint density at radius 1 is 1.07 bits per heavy atom. The summed E-state index contributed by atoms with van der Waals surface area (Å²) in [6.45, 7) is 3.35. The van der Waals surface area contributed by atoms with Crippen molar-refractivity contribution in [3.05, 3.63) is 35.4 Å². The second kappa shape index (κ2) is 3.85. The van der Waals surface area contributed by atoms with Gasteiger partial charge in [0.25, 0.3) is 0 Å². The molecule has 0 fully saturated rings. The molecule has 0 saturated carbocycles. The molecule has 84 valence electrons. The highest BCUT2D eigenvalue weighted by atomic mass is 19.4. The molecule has 1 N–H and O–H groups in total. The predicted octanol–water partition coefficient (Wildman–Crippen LogP) is 3.32. The molecule has 4 heteroatoms. The molecule has 1 rings (SSSR count). The molecule has 0 aliphatic heterocycles. The smallest absolute Gasteiger partial charge is 0.385 e. The van der Waals surface area contributed by atoms with E-state index in [1.54, 1.807) is 13.8 Å². The average molecular weight is 218 g/mol. The van der Waals surface area contributed by atoms with E-state index in [1.165, 1.54) is 12.1 Å². The van der Waals surface area contributed by atoms with E-state index in [4.69, 9.17) is 0 Å². The number of alkyl halides is 3. The Morgan fingerprint density at radius 3 is 1.80 bits per heavy atom. The van der Waals surface area contributed by atoms with Crippen LogP contribution in [0.25, 0.3) is 0 Å². The van der Waals surface area contributed by atoms with E-state index in [9.17, 15) is 18.3 Å². The monoisotopic (exact) mass is 218 g/mol. The van der Waals surface area contributed by atoms with Crippen molar-refractivity contribution in [2.75, 3.05) is 0 Å². The lowest BCUT2D eigenvalue weighted by Crippen LogP contribution is -2.19. The maximum Gasteiger partial charge on any atom is 0.416 e. The molecule has 1 atom stereocenters. The van der Waals surface area contributed by atoms with Crippen molar-refractivity contribution in [3.8, 4) is 0 Å². The van der Waals surface area contributed by atoms with Gasteiger partial charge >= 0.3 is 6.18 Å². The molecule has 0 spiro atoms. The van der Waals surface area contributed by atoms with Crippen LogP contribution in [0.1, 0.15) is 31.4 Å². The van der Waals surface area contributed by atoms with Crippen LogP contribution >= 0.6 is 0 Å². The predicted molar refractivity (Wildman–Crippen MR) is 51.3 cm³/mol. The van der Waals surface area contributed by atoms with Gasteiger partial charge in [0, 0.05) is 0 Å². The quantitative estimate of drug-likeness (QED) is 0.807. The van der Waals surface area contributed by atoms with E-state index < -0.39 is 17.3 Å². The molecule has 0 aromatic heterocycles. The first-order chi connectivity index (χ1) is 6.77. The van der Waals surface area contributed by atoms with Gasteiger partial charge in [0.1, 0.15) is 0 Å². The number of halogens is 3. The molecule has 1 aromatic carbocycles. The summed E-state index contributed by atoms with van der Waals surface area (Å²) in [5, 5.41) is 9.81. The number of aliphatic hydroxyl groups is 1. The van der Waals surface area contributed by atoms with Crippen molar-refractivity contribution in [3.63, 3.8) is 0 Å². The second-order valence-corrected chi connectivity index (χ2v) is 3.70. The highest BCUT2D eigenvalue weighted by Gasteiger charge is 2.31. The van der Waals surface area contributed by atoms with Crippen LogP contribution in [0.4, 0.5) is 13.2 Å². The molecule has 0 heterocycles. The van der Waals surface area contributed by atoms with Crippen LogP contribution in [0.2, 0.25) is 0 Å². The molecule has 0 amide bonds. The normalized spacial score (nSPS) is 16.1. The van der Waals surface area contributed by atoms with Gasteiger partial charge in [-0.15, -0.1) is 0 Å². The summed E-state index contributed by atoms with van der Waals surface area (Å²) >= 11 is 0. The van der Waals surface area contributed by atoms with Gasteiger partial charge in [-0.25, -0.2) is 0 Å². The number of hydrogen-bond donors (Lipinski definition) is 1. The first-order valence-electron chi connectivity index (χ1n) is 4.67. The number of hydrogen-bond acceptors (Lipinski definition) is 1. The van der Waals surface area contributed by atoms with Crippen molar-refractivity contribution < 1.29 is 18.3 Å². The fraction of sp³-hybridized carbons (Fsp3) is 0.455. The van der Waals surface area contributed by atoms with Gasteiger partial charge in [0.15, 0.2) is 0 Å². The number of benzene rings is 1. The maximum absolute atomic E-state index is 12.2. The Morgan fingerprint density at radius 2 is 1.47 bits per heavy atom. The molecule has 0 aliphatic carbocycles. The minimum atomic E-state index is -4.32.